The normalized spacial score (nSPS) is 18.3. The van der Waals surface area contributed by atoms with Gasteiger partial charge in [0.2, 0.25) is 0 Å². The number of hydrogen-bond acceptors (Lipinski definition) is 14. The summed E-state index contributed by atoms with van der Waals surface area (Å²) in [6.45, 7) is 4.00. The molecule has 2 N–H and O–H groups in total. The third kappa shape index (κ3) is 13.6. The molecule has 2 amide bonds. The Morgan fingerprint density at radius 2 is 1.25 bits per heavy atom. The highest BCUT2D eigenvalue weighted by molar-refractivity contribution is 7.99. The number of benzene rings is 2. The summed E-state index contributed by atoms with van der Waals surface area (Å²) in [5.41, 5.74) is 7.00. The van der Waals surface area contributed by atoms with E-state index in [0.717, 1.165) is 24.6 Å². The number of nitrogens with zero attached hydrogens (tertiary/aromatic N) is 7. The Bertz CT molecular complexity index is 2390. The molecule has 0 spiro atoms. The number of rotatable bonds is 7. The molecule has 2 aromatic heterocycles. The number of aliphatic imine (C=N–C) groups is 1. The maximum atomic E-state index is 14.5. The zero-order chi connectivity index (χ0) is 46.2. The van der Waals surface area contributed by atoms with Crippen molar-refractivity contribution in [3.05, 3.63) is 118 Å². The molecular formula is C41H44Cl2F2N8O7S4. The topological polar surface area (TPSA) is 165 Å². The van der Waals surface area contributed by atoms with Crippen LogP contribution in [0, 0.1) is 11.6 Å². The number of isothiocyanates is 1. The molecule has 4 aliphatic rings. The van der Waals surface area contributed by atoms with E-state index in [0.29, 0.717) is 60.4 Å². The number of hydrogen-bond donors (Lipinski definition) is 1. The Kier molecular flexibility index (Phi) is 19.7. The quantitative estimate of drug-likeness (QED) is 0.139. The molecule has 2 atom stereocenters. The Hall–Kier alpha value is -4.73. The predicted octanol–water partition coefficient (Wildman–Crippen LogP) is 5.60. The van der Waals surface area contributed by atoms with Gasteiger partial charge in [-0.1, -0.05) is 12.1 Å². The van der Waals surface area contributed by atoms with E-state index in [1.807, 2.05) is 21.6 Å². The minimum Gasteiger partial charge on any atom is -0.443 e. The van der Waals surface area contributed by atoms with E-state index in [1.165, 1.54) is 55.6 Å². The first-order chi connectivity index (χ1) is 30.9. The summed E-state index contributed by atoms with van der Waals surface area (Å²) in [5.74, 6) is 2.40. The number of carbonyl (C=O) groups is 2. The van der Waals surface area contributed by atoms with Gasteiger partial charge in [-0.25, -0.2) is 23.4 Å². The molecule has 15 nitrogen and oxygen atoms in total. The molecule has 6 heterocycles. The predicted molar refractivity (Wildman–Crippen MR) is 258 cm³/mol. The third-order valence-electron chi connectivity index (χ3n) is 9.78. The summed E-state index contributed by atoms with van der Waals surface area (Å²) in [5, 5.41) is 2.58. The molecule has 0 radical (unpaired) electrons. The average molecular weight is 998 g/mol. The SMILES string of the molecule is ClCCl.NC[C@H]1CN(c2ccc(N3CCSCC3)c(F)c2)C(=O)O1.O=C1O[C@@H](CN=C=S)CN1c1ccc(N2CCS(=O)CC2)c(F)c1.O=c1ccccn1C(=S)n1ccccc1=O. The van der Waals surface area contributed by atoms with Crippen LogP contribution in [0.25, 0.3) is 0 Å². The summed E-state index contributed by atoms with van der Waals surface area (Å²) < 4.78 is 53.0. The standard InChI is InChI=1S/C15H16FN3O3S2.C14H18FN3O2S.C11H8N2O2S.CH2Cl2/c16-13-7-11(19-9-12(8-17-10-23)22-15(19)20)1-2-14(13)18-3-5-24(21)6-4-18;15-12-7-10(18-9-11(8-16)20-14(18)19)1-2-13(12)17-3-5-21-6-4-17;14-9-5-1-3-7-12(9)11(16)13-8-4-2-6-10(13)15;2-1-3/h1-2,7,12H,3-6,8-9H2;1-2,7,11H,3-6,8-9,16H2;1-8H;1H2/t12-;11-;;/m00../s1. The number of alkyl halides is 2. The number of thioether (sulfide) groups is 1. The highest BCUT2D eigenvalue weighted by Gasteiger charge is 2.34. The first kappa shape index (κ1) is 50.3. The van der Waals surface area contributed by atoms with Crippen molar-refractivity contribution < 1.29 is 32.1 Å². The van der Waals surface area contributed by atoms with Crippen LogP contribution in [-0.2, 0) is 20.3 Å². The number of ether oxygens (including phenoxy) is 2. The number of thiocarbonyl (C=S) groups is 2. The molecule has 23 heteroatoms. The van der Waals surface area contributed by atoms with Crippen LogP contribution in [0.3, 0.4) is 0 Å². The van der Waals surface area contributed by atoms with Crippen LogP contribution in [0.15, 0.2) is 99.8 Å². The lowest BCUT2D eigenvalue weighted by Gasteiger charge is -2.29. The van der Waals surface area contributed by atoms with Gasteiger partial charge in [-0.2, -0.15) is 11.8 Å². The van der Waals surface area contributed by atoms with E-state index in [-0.39, 0.29) is 46.6 Å². The number of aromatic nitrogens is 2. The first-order valence-electron chi connectivity index (χ1n) is 19.6. The Labute approximate surface area is 395 Å². The molecule has 2 aromatic carbocycles. The van der Waals surface area contributed by atoms with Crippen LogP contribution in [0.2, 0.25) is 0 Å². The van der Waals surface area contributed by atoms with Gasteiger partial charge < -0.3 is 25.0 Å². The first-order valence-corrected chi connectivity index (χ1v) is 24.2. The molecule has 4 aromatic rings. The highest BCUT2D eigenvalue weighted by atomic mass is 35.5. The monoisotopic (exact) mass is 996 g/mol. The van der Waals surface area contributed by atoms with Gasteiger partial charge in [0.05, 0.1) is 52.9 Å². The molecule has 4 saturated heterocycles. The second-order valence-corrected chi connectivity index (χ2v) is 18.1. The second-order valence-electron chi connectivity index (χ2n) is 13.8. The summed E-state index contributed by atoms with van der Waals surface area (Å²) in [6.07, 6.45) is 1.34. The molecule has 0 aliphatic carbocycles. The van der Waals surface area contributed by atoms with Crippen molar-refractivity contribution in [2.24, 2.45) is 10.7 Å². The van der Waals surface area contributed by atoms with Gasteiger partial charge in [-0.15, -0.1) is 23.2 Å². The fourth-order valence-corrected chi connectivity index (χ4v) is 8.96. The van der Waals surface area contributed by atoms with Crippen LogP contribution >= 0.6 is 59.4 Å². The van der Waals surface area contributed by atoms with E-state index in [2.05, 4.69) is 22.4 Å². The summed E-state index contributed by atoms with van der Waals surface area (Å²) in [4.78, 5) is 57.2. The maximum Gasteiger partial charge on any atom is 0.414 e. The minimum atomic E-state index is -0.814. The lowest BCUT2D eigenvalue weighted by Crippen LogP contribution is -2.38. The Balaban J connectivity index is 0.000000178. The highest BCUT2D eigenvalue weighted by Crippen LogP contribution is 2.30. The number of amides is 2. The van der Waals surface area contributed by atoms with Crippen molar-refractivity contribution in [1.82, 2.24) is 9.13 Å². The molecule has 0 unspecified atom stereocenters. The van der Waals surface area contributed by atoms with Crippen molar-refractivity contribution in [1.29, 1.82) is 0 Å². The molecular weight excluding hydrogens is 954 g/mol. The van der Waals surface area contributed by atoms with Crippen molar-refractivity contribution >= 4 is 115 Å². The number of pyridine rings is 2. The zero-order valence-corrected chi connectivity index (χ0v) is 38.9. The van der Waals surface area contributed by atoms with Crippen LogP contribution in [0.1, 0.15) is 0 Å². The van der Waals surface area contributed by atoms with Crippen LogP contribution in [-0.4, -0.2) is 129 Å². The maximum absolute atomic E-state index is 14.5. The van der Waals surface area contributed by atoms with E-state index in [1.54, 1.807) is 48.5 Å². The number of halogens is 4. The van der Waals surface area contributed by atoms with Crippen molar-refractivity contribution in [3.63, 3.8) is 0 Å². The van der Waals surface area contributed by atoms with Crippen LogP contribution < -0.4 is 36.5 Å². The van der Waals surface area contributed by atoms with E-state index in [9.17, 15) is 32.2 Å². The van der Waals surface area contributed by atoms with E-state index in [4.69, 9.17) is 50.6 Å². The molecule has 0 saturated carbocycles. The van der Waals surface area contributed by atoms with Gasteiger partial charge in [-0.05, 0) is 73.0 Å². The summed E-state index contributed by atoms with van der Waals surface area (Å²) in [7, 11) is -0.814. The Morgan fingerprint density at radius 1 is 0.781 bits per heavy atom. The minimum absolute atomic E-state index is 0.149. The summed E-state index contributed by atoms with van der Waals surface area (Å²) in [6, 6.07) is 19.0. The number of anilines is 4. The van der Waals surface area contributed by atoms with E-state index >= 15 is 0 Å². The Morgan fingerprint density at radius 3 is 1.69 bits per heavy atom. The molecule has 4 aliphatic heterocycles. The smallest absolute Gasteiger partial charge is 0.414 e. The fourth-order valence-electron chi connectivity index (χ4n) is 6.63. The van der Waals surface area contributed by atoms with Crippen LogP contribution in [0.4, 0.5) is 41.1 Å². The molecule has 64 heavy (non-hydrogen) atoms. The fraction of sp³-hybridized carbons (Fsp3) is 0.366. The molecule has 0 bridgehead atoms. The number of carbonyl (C=O) groups excluding carboxylic acids is 2. The summed E-state index contributed by atoms with van der Waals surface area (Å²) >= 11 is 21.0. The zero-order valence-electron chi connectivity index (χ0n) is 34.1. The van der Waals surface area contributed by atoms with Crippen molar-refractivity contribution in [2.45, 2.75) is 12.2 Å². The average Bonchev–Trinajstić information content (AvgIpc) is 3.88. The largest absolute Gasteiger partial charge is 0.443 e. The molecule has 342 valence electrons. The molecule has 4 fully saturated rings. The van der Waals surface area contributed by atoms with Gasteiger partial charge in [0.25, 0.3) is 11.1 Å². The van der Waals surface area contributed by atoms with Gasteiger partial charge in [0, 0.05) is 91.1 Å². The van der Waals surface area contributed by atoms with Crippen molar-refractivity contribution in [2.75, 3.05) is 100 Å². The van der Waals surface area contributed by atoms with Gasteiger partial charge in [0.1, 0.15) is 23.8 Å². The van der Waals surface area contributed by atoms with Gasteiger partial charge >= 0.3 is 12.2 Å². The van der Waals surface area contributed by atoms with Gasteiger partial charge in [0.15, 0.2) is 5.11 Å². The van der Waals surface area contributed by atoms with Crippen LogP contribution in [0.5, 0.6) is 0 Å². The molecule has 8 rings (SSSR count). The lowest BCUT2D eigenvalue weighted by molar-refractivity contribution is 0.144. The second kappa shape index (κ2) is 25.1. The third-order valence-corrected chi connectivity index (χ3v) is 12.5. The van der Waals surface area contributed by atoms with E-state index < -0.39 is 34.9 Å². The number of nitrogens with two attached hydrogens (primary N) is 1. The van der Waals surface area contributed by atoms with Gasteiger partial charge in [-0.3, -0.25) is 32.7 Å². The number of cyclic esters (lactones) is 2. The van der Waals surface area contributed by atoms with Crippen molar-refractivity contribution in [3.8, 4) is 0 Å². The lowest BCUT2D eigenvalue weighted by atomic mass is 10.2.